The van der Waals surface area contributed by atoms with Crippen molar-refractivity contribution in [3.8, 4) is 5.69 Å². The molecule has 4 rings (SSSR count). The number of hydrogen-bond donors (Lipinski definition) is 2. The Labute approximate surface area is 206 Å². The lowest BCUT2D eigenvalue weighted by Crippen LogP contribution is -2.41. The number of benzene rings is 2. The molecule has 0 unspecified atom stereocenters. The quantitative estimate of drug-likeness (QED) is 0.346. The van der Waals surface area contributed by atoms with Gasteiger partial charge in [0.15, 0.2) is 10.8 Å². The van der Waals surface area contributed by atoms with Gasteiger partial charge in [0.1, 0.15) is 5.82 Å². The number of nitrogens with zero attached hydrogens (tertiary/aromatic N) is 4. The van der Waals surface area contributed by atoms with Crippen molar-refractivity contribution in [3.05, 3.63) is 75.4 Å². The molecular weight excluding hydrogens is 464 g/mol. The maximum absolute atomic E-state index is 13.3. The average molecular weight is 493 g/mol. The summed E-state index contributed by atoms with van der Waals surface area (Å²) in [6.45, 7) is 4.36. The molecule has 0 spiro atoms. The highest BCUT2D eigenvalue weighted by Crippen LogP contribution is 2.28. The average Bonchev–Trinajstić information content (AvgIpc) is 3.24. The van der Waals surface area contributed by atoms with E-state index in [1.807, 2.05) is 66.1 Å². The summed E-state index contributed by atoms with van der Waals surface area (Å²) in [5, 5.41) is 0.664. The molecule has 0 bridgehead atoms. The highest BCUT2D eigenvalue weighted by Gasteiger charge is 2.24. The molecule has 182 valence electrons. The molecule has 0 fully saturated rings. The fourth-order valence-electron chi connectivity index (χ4n) is 3.97. The standard InChI is InChI=1S/C25H28N6O3S/c1-3-5-15-30-22(26)21(23(33)28-24(30)34)29(4-2)20(32)16-35-25-27-18-13-9-10-14-19(18)31(25)17-11-7-6-8-12-17/h6-14H,3-5,15-16,26H2,1-2H3,(H,28,33,34). The molecule has 9 nitrogen and oxygen atoms in total. The summed E-state index contributed by atoms with van der Waals surface area (Å²) < 4.78 is 3.33. The molecule has 35 heavy (non-hydrogen) atoms. The lowest BCUT2D eigenvalue weighted by atomic mass is 10.3. The van der Waals surface area contributed by atoms with Crippen LogP contribution in [0.2, 0.25) is 0 Å². The molecule has 0 aliphatic carbocycles. The summed E-state index contributed by atoms with van der Waals surface area (Å²) in [6.07, 6.45) is 1.58. The lowest BCUT2D eigenvalue weighted by Gasteiger charge is -2.23. The summed E-state index contributed by atoms with van der Waals surface area (Å²) in [5.41, 5.74) is 7.68. The minimum absolute atomic E-state index is 0.00363. The van der Waals surface area contributed by atoms with Crippen LogP contribution in [-0.2, 0) is 11.3 Å². The number of imidazole rings is 1. The molecule has 10 heteroatoms. The zero-order chi connectivity index (χ0) is 24.9. The number of carbonyl (C=O) groups excluding carboxylic acids is 1. The van der Waals surface area contributed by atoms with Crippen molar-refractivity contribution in [2.24, 2.45) is 0 Å². The van der Waals surface area contributed by atoms with Crippen LogP contribution in [0.5, 0.6) is 0 Å². The van der Waals surface area contributed by atoms with E-state index >= 15 is 0 Å². The van der Waals surface area contributed by atoms with Gasteiger partial charge in [0.05, 0.1) is 16.8 Å². The second kappa shape index (κ2) is 10.6. The van der Waals surface area contributed by atoms with Gasteiger partial charge in [0.2, 0.25) is 5.91 Å². The zero-order valence-electron chi connectivity index (χ0n) is 19.7. The number of fused-ring (bicyclic) bond motifs is 1. The van der Waals surface area contributed by atoms with Gasteiger partial charge in [-0.3, -0.25) is 23.7 Å². The number of rotatable bonds is 9. The van der Waals surface area contributed by atoms with E-state index in [4.69, 9.17) is 10.7 Å². The minimum Gasteiger partial charge on any atom is -0.383 e. The van der Waals surface area contributed by atoms with Crippen molar-refractivity contribution >= 4 is 40.2 Å². The summed E-state index contributed by atoms with van der Waals surface area (Å²) in [7, 11) is 0. The molecule has 1 amide bonds. The van der Waals surface area contributed by atoms with Crippen molar-refractivity contribution in [1.29, 1.82) is 0 Å². The van der Waals surface area contributed by atoms with E-state index < -0.39 is 11.2 Å². The molecule has 2 heterocycles. The van der Waals surface area contributed by atoms with Gasteiger partial charge >= 0.3 is 5.69 Å². The second-order valence-electron chi connectivity index (χ2n) is 7.98. The predicted molar refractivity (Wildman–Crippen MR) is 140 cm³/mol. The molecule has 0 atom stereocenters. The topological polar surface area (TPSA) is 119 Å². The van der Waals surface area contributed by atoms with E-state index in [-0.39, 0.29) is 29.7 Å². The van der Waals surface area contributed by atoms with Crippen molar-refractivity contribution in [2.75, 3.05) is 22.9 Å². The number of anilines is 2. The molecule has 0 radical (unpaired) electrons. The first-order valence-electron chi connectivity index (χ1n) is 11.5. The van der Waals surface area contributed by atoms with Crippen LogP contribution in [0.25, 0.3) is 16.7 Å². The Bertz CT molecular complexity index is 1460. The van der Waals surface area contributed by atoms with Crippen LogP contribution in [0.15, 0.2) is 69.3 Å². The third-order valence-corrected chi connectivity index (χ3v) is 6.63. The van der Waals surface area contributed by atoms with Crippen LogP contribution in [-0.4, -0.2) is 37.3 Å². The number of aromatic amines is 1. The lowest BCUT2D eigenvalue weighted by molar-refractivity contribution is -0.116. The van der Waals surface area contributed by atoms with Crippen LogP contribution in [0.4, 0.5) is 11.5 Å². The summed E-state index contributed by atoms with van der Waals surface area (Å²) >= 11 is 1.29. The maximum Gasteiger partial charge on any atom is 0.330 e. The largest absolute Gasteiger partial charge is 0.383 e. The van der Waals surface area contributed by atoms with Gasteiger partial charge in [0.25, 0.3) is 5.56 Å². The summed E-state index contributed by atoms with van der Waals surface area (Å²) in [4.78, 5) is 46.6. The number of nitrogens with two attached hydrogens (primary N) is 1. The number of amides is 1. The highest BCUT2D eigenvalue weighted by atomic mass is 32.2. The first kappa shape index (κ1) is 24.3. The van der Waals surface area contributed by atoms with Crippen molar-refractivity contribution < 1.29 is 4.79 Å². The fourth-order valence-corrected chi connectivity index (χ4v) is 4.87. The fraction of sp³-hybridized carbons (Fsp3) is 0.280. The number of nitrogen functional groups attached to an aromatic ring is 1. The Morgan fingerprint density at radius 2 is 1.80 bits per heavy atom. The van der Waals surface area contributed by atoms with Crippen LogP contribution in [0.3, 0.4) is 0 Å². The van der Waals surface area contributed by atoms with E-state index in [1.165, 1.54) is 21.2 Å². The van der Waals surface area contributed by atoms with Crippen molar-refractivity contribution in [1.82, 2.24) is 19.1 Å². The smallest absolute Gasteiger partial charge is 0.330 e. The van der Waals surface area contributed by atoms with Gasteiger partial charge in [-0.05, 0) is 37.6 Å². The van der Waals surface area contributed by atoms with E-state index in [0.29, 0.717) is 11.7 Å². The molecule has 0 saturated heterocycles. The molecule has 2 aromatic heterocycles. The number of unbranched alkanes of at least 4 members (excludes halogenated alkanes) is 1. The van der Waals surface area contributed by atoms with Crippen molar-refractivity contribution in [2.45, 2.75) is 38.4 Å². The molecule has 0 saturated carbocycles. The van der Waals surface area contributed by atoms with E-state index in [2.05, 4.69) is 4.98 Å². The van der Waals surface area contributed by atoms with E-state index in [0.717, 1.165) is 29.6 Å². The first-order chi connectivity index (χ1) is 17.0. The van der Waals surface area contributed by atoms with Gasteiger partial charge < -0.3 is 10.6 Å². The SMILES string of the molecule is CCCCn1c(N)c(N(CC)C(=O)CSc2nc3ccccc3n2-c2ccccc2)c(=O)[nH]c1=O. The molecule has 3 N–H and O–H groups in total. The minimum atomic E-state index is -0.669. The van der Waals surface area contributed by atoms with Gasteiger partial charge in [-0.15, -0.1) is 0 Å². The molecule has 4 aromatic rings. The summed E-state index contributed by atoms with van der Waals surface area (Å²) in [5.74, 6) is -0.261. The number of para-hydroxylation sites is 3. The Kier molecular flexibility index (Phi) is 7.40. The predicted octanol–water partition coefficient (Wildman–Crippen LogP) is 3.40. The van der Waals surface area contributed by atoms with E-state index in [9.17, 15) is 14.4 Å². The third kappa shape index (κ3) is 4.88. The summed E-state index contributed by atoms with van der Waals surface area (Å²) in [6, 6.07) is 17.6. The Hall–Kier alpha value is -3.79. The number of H-pyrrole nitrogens is 1. The van der Waals surface area contributed by atoms with Crippen LogP contribution < -0.4 is 21.9 Å². The molecule has 0 aliphatic heterocycles. The molecular formula is C25H28N6O3S. The third-order valence-electron chi connectivity index (χ3n) is 5.71. The Morgan fingerprint density at radius 3 is 2.51 bits per heavy atom. The normalized spacial score (nSPS) is 11.1. The Balaban J connectivity index is 1.65. The Morgan fingerprint density at radius 1 is 1.09 bits per heavy atom. The van der Waals surface area contributed by atoms with Gasteiger partial charge in [-0.2, -0.15) is 0 Å². The zero-order valence-corrected chi connectivity index (χ0v) is 20.5. The second-order valence-corrected chi connectivity index (χ2v) is 8.92. The monoisotopic (exact) mass is 492 g/mol. The van der Waals surface area contributed by atoms with Crippen LogP contribution in [0, 0.1) is 0 Å². The van der Waals surface area contributed by atoms with Crippen molar-refractivity contribution in [3.63, 3.8) is 0 Å². The van der Waals surface area contributed by atoms with Crippen LogP contribution in [0.1, 0.15) is 26.7 Å². The van der Waals surface area contributed by atoms with Crippen LogP contribution >= 0.6 is 11.8 Å². The number of thioether (sulfide) groups is 1. The number of aromatic nitrogens is 4. The van der Waals surface area contributed by atoms with E-state index in [1.54, 1.807) is 6.92 Å². The highest BCUT2D eigenvalue weighted by molar-refractivity contribution is 7.99. The number of nitrogens with one attached hydrogen (secondary N) is 1. The number of hydrogen-bond acceptors (Lipinski definition) is 6. The van der Waals surface area contributed by atoms with Gasteiger partial charge in [0, 0.05) is 18.8 Å². The number of carbonyl (C=O) groups is 1. The first-order valence-corrected chi connectivity index (χ1v) is 12.5. The molecule has 2 aromatic carbocycles. The van der Waals surface area contributed by atoms with Gasteiger partial charge in [-0.1, -0.05) is 55.4 Å². The maximum atomic E-state index is 13.3. The molecule has 0 aliphatic rings. The van der Waals surface area contributed by atoms with Gasteiger partial charge in [-0.25, -0.2) is 9.78 Å².